The molecule has 0 bridgehead atoms. The van der Waals surface area contributed by atoms with E-state index in [2.05, 4.69) is 42.2 Å². The van der Waals surface area contributed by atoms with E-state index in [4.69, 9.17) is 0 Å². The third kappa shape index (κ3) is 2.91. The van der Waals surface area contributed by atoms with Crippen LogP contribution in [0.3, 0.4) is 0 Å². The summed E-state index contributed by atoms with van der Waals surface area (Å²) in [5, 5.41) is 0.337. The number of hydrogen-bond donors (Lipinski definition) is 0. The van der Waals surface area contributed by atoms with Crippen LogP contribution in [0.1, 0.15) is 10.4 Å². The summed E-state index contributed by atoms with van der Waals surface area (Å²) in [6, 6.07) is 7.80. The predicted molar refractivity (Wildman–Crippen MR) is 66.8 cm³/mol. The smallest absolute Gasteiger partial charge is 0.139 e. The van der Waals surface area contributed by atoms with E-state index in [1.807, 2.05) is 24.3 Å². The summed E-state index contributed by atoms with van der Waals surface area (Å²) in [6.07, 6.45) is 0. The summed E-state index contributed by atoms with van der Waals surface area (Å²) in [4.78, 5) is 11.8. The van der Waals surface area contributed by atoms with Gasteiger partial charge in [-0.3, -0.25) is 0 Å². The molecule has 0 fully saturated rings. The molecule has 1 rings (SSSR count). The van der Waals surface area contributed by atoms with Crippen LogP contribution in [0, 0.1) is 3.57 Å². The van der Waals surface area contributed by atoms with Crippen LogP contribution in [-0.2, 0) is 0 Å². The van der Waals surface area contributed by atoms with Crippen molar-refractivity contribution in [2.75, 3.05) is 0 Å². The van der Waals surface area contributed by atoms with E-state index in [-0.39, 0.29) is 0 Å². The van der Waals surface area contributed by atoms with Crippen LogP contribution >= 0.6 is 22.6 Å². The van der Waals surface area contributed by atoms with Gasteiger partial charge in [0, 0.05) is 9.13 Å². The van der Waals surface area contributed by atoms with E-state index in [1.165, 1.54) is 3.57 Å². The molecule has 1 aromatic carbocycles. The van der Waals surface area contributed by atoms with Gasteiger partial charge in [0.15, 0.2) is 0 Å². The van der Waals surface area contributed by atoms with Crippen molar-refractivity contribution in [3.8, 4) is 0 Å². The maximum atomic E-state index is 11.8. The number of benzene rings is 1. The second kappa shape index (κ2) is 3.92. The zero-order valence-electron chi connectivity index (χ0n) is 8.10. The topological polar surface area (TPSA) is 17.1 Å². The van der Waals surface area contributed by atoms with Gasteiger partial charge in [0.1, 0.15) is 13.5 Å². The lowest BCUT2D eigenvalue weighted by molar-refractivity contribution is 0.106. The third-order valence-corrected chi connectivity index (χ3v) is 4.16. The van der Waals surface area contributed by atoms with Crippen LogP contribution in [0.5, 0.6) is 0 Å². The standard InChI is InChI=1S/C10H13IOSi/c1-13(2,3)10(12)8-4-6-9(11)7-5-8/h4-7H,1-3H3. The summed E-state index contributed by atoms with van der Waals surface area (Å²) in [5.41, 5.74) is 0.861. The average Bonchev–Trinajstić information content (AvgIpc) is 2.03. The molecule has 0 aliphatic rings. The molecule has 0 saturated carbocycles. The lowest BCUT2D eigenvalue weighted by Gasteiger charge is -2.13. The fourth-order valence-electron chi connectivity index (χ4n) is 1.03. The Hall–Kier alpha value is -0.163. The van der Waals surface area contributed by atoms with Crippen LogP contribution < -0.4 is 0 Å². The summed E-state index contributed by atoms with van der Waals surface area (Å²) in [6.45, 7) is 6.23. The van der Waals surface area contributed by atoms with Crippen LogP contribution in [0.4, 0.5) is 0 Å². The molecule has 0 atom stereocenters. The van der Waals surface area contributed by atoms with Crippen LogP contribution in [0.15, 0.2) is 24.3 Å². The quantitative estimate of drug-likeness (QED) is 0.605. The molecule has 0 heterocycles. The molecule has 0 amide bonds. The lowest BCUT2D eigenvalue weighted by Crippen LogP contribution is -2.33. The Kier molecular flexibility index (Phi) is 3.29. The Morgan fingerprint density at radius 1 is 1.15 bits per heavy atom. The molecule has 0 unspecified atom stereocenters. The van der Waals surface area contributed by atoms with Crippen molar-refractivity contribution >= 4 is 36.1 Å². The van der Waals surface area contributed by atoms with Gasteiger partial charge in [-0.25, -0.2) is 0 Å². The first-order valence-electron chi connectivity index (χ1n) is 4.21. The molecule has 70 valence electrons. The second-order valence-electron chi connectivity index (χ2n) is 4.09. The van der Waals surface area contributed by atoms with Crippen LogP contribution in [0.2, 0.25) is 19.6 Å². The summed E-state index contributed by atoms with van der Waals surface area (Å²) in [7, 11) is -1.66. The van der Waals surface area contributed by atoms with E-state index in [9.17, 15) is 4.79 Å². The fraction of sp³-hybridized carbons (Fsp3) is 0.300. The monoisotopic (exact) mass is 304 g/mol. The van der Waals surface area contributed by atoms with Gasteiger partial charge in [-0.1, -0.05) is 31.8 Å². The Balaban J connectivity index is 2.97. The van der Waals surface area contributed by atoms with E-state index in [0.29, 0.717) is 5.41 Å². The Morgan fingerprint density at radius 2 is 1.62 bits per heavy atom. The molecule has 0 aliphatic carbocycles. The minimum absolute atomic E-state index is 0.337. The second-order valence-corrected chi connectivity index (χ2v) is 10.3. The van der Waals surface area contributed by atoms with Crippen molar-refractivity contribution < 1.29 is 4.79 Å². The van der Waals surface area contributed by atoms with Gasteiger partial charge in [0.05, 0.1) is 0 Å². The van der Waals surface area contributed by atoms with Crippen LogP contribution in [-0.4, -0.2) is 13.5 Å². The van der Waals surface area contributed by atoms with Crippen molar-refractivity contribution in [1.82, 2.24) is 0 Å². The first-order chi connectivity index (χ1) is 5.91. The number of halogens is 1. The molecule has 1 nitrogen and oxygen atoms in total. The van der Waals surface area contributed by atoms with Crippen molar-refractivity contribution in [2.24, 2.45) is 0 Å². The molecule has 13 heavy (non-hydrogen) atoms. The van der Waals surface area contributed by atoms with Gasteiger partial charge in [-0.2, -0.15) is 0 Å². The molecule has 0 aliphatic heterocycles. The highest BCUT2D eigenvalue weighted by atomic mass is 127. The Labute approximate surface area is 93.7 Å². The minimum atomic E-state index is -1.66. The fourth-order valence-corrected chi connectivity index (χ4v) is 2.43. The maximum Gasteiger partial charge on any atom is 0.139 e. The van der Waals surface area contributed by atoms with Crippen molar-refractivity contribution in [3.05, 3.63) is 33.4 Å². The SMILES string of the molecule is C[Si](C)(C)C(=O)c1ccc(I)cc1. The van der Waals surface area contributed by atoms with E-state index in [0.717, 1.165) is 5.56 Å². The molecule has 0 radical (unpaired) electrons. The largest absolute Gasteiger partial charge is 0.300 e. The average molecular weight is 304 g/mol. The lowest BCUT2D eigenvalue weighted by atomic mass is 10.2. The number of carbonyl (C=O) groups is 1. The Morgan fingerprint density at radius 3 is 2.00 bits per heavy atom. The number of carbonyl (C=O) groups excluding carboxylic acids is 1. The molecule has 1 aromatic rings. The predicted octanol–water partition coefficient (Wildman–Crippen LogP) is 3.35. The van der Waals surface area contributed by atoms with Crippen molar-refractivity contribution in [1.29, 1.82) is 0 Å². The van der Waals surface area contributed by atoms with Crippen LogP contribution in [0.25, 0.3) is 0 Å². The van der Waals surface area contributed by atoms with Gasteiger partial charge >= 0.3 is 0 Å². The van der Waals surface area contributed by atoms with Gasteiger partial charge < -0.3 is 4.79 Å². The van der Waals surface area contributed by atoms with Crippen molar-refractivity contribution in [3.63, 3.8) is 0 Å². The van der Waals surface area contributed by atoms with E-state index < -0.39 is 8.07 Å². The molecular weight excluding hydrogens is 291 g/mol. The molecule has 0 N–H and O–H groups in total. The van der Waals surface area contributed by atoms with Gasteiger partial charge in [0.25, 0.3) is 0 Å². The molecule has 0 aromatic heterocycles. The highest BCUT2D eigenvalue weighted by Crippen LogP contribution is 2.13. The minimum Gasteiger partial charge on any atom is -0.300 e. The molecular formula is C10H13IOSi. The third-order valence-electron chi connectivity index (χ3n) is 1.79. The summed E-state index contributed by atoms with van der Waals surface area (Å²) >= 11 is 2.24. The summed E-state index contributed by atoms with van der Waals surface area (Å²) < 4.78 is 1.17. The summed E-state index contributed by atoms with van der Waals surface area (Å²) in [5.74, 6) is 0. The highest BCUT2D eigenvalue weighted by Gasteiger charge is 2.24. The van der Waals surface area contributed by atoms with Gasteiger partial charge in [0.2, 0.25) is 0 Å². The Bertz CT molecular complexity index is 311. The zero-order chi connectivity index (χ0) is 10.1. The maximum absolute atomic E-state index is 11.8. The molecule has 0 spiro atoms. The van der Waals surface area contributed by atoms with E-state index in [1.54, 1.807) is 0 Å². The normalized spacial score (nSPS) is 11.4. The highest BCUT2D eigenvalue weighted by molar-refractivity contribution is 14.1. The van der Waals surface area contributed by atoms with Gasteiger partial charge in [-0.15, -0.1) is 0 Å². The first-order valence-corrected chi connectivity index (χ1v) is 8.79. The zero-order valence-corrected chi connectivity index (χ0v) is 11.3. The first kappa shape index (κ1) is 10.9. The number of hydrogen-bond acceptors (Lipinski definition) is 1. The van der Waals surface area contributed by atoms with E-state index >= 15 is 0 Å². The van der Waals surface area contributed by atoms with Gasteiger partial charge in [-0.05, 0) is 34.7 Å². The molecule has 0 saturated heterocycles. The van der Waals surface area contributed by atoms with Crippen molar-refractivity contribution in [2.45, 2.75) is 19.6 Å². The molecule has 3 heteroatoms. The number of rotatable bonds is 2.